The lowest BCUT2D eigenvalue weighted by molar-refractivity contribution is 0.0941. The Kier molecular flexibility index (Phi) is 5.51. The summed E-state index contributed by atoms with van der Waals surface area (Å²) in [5.41, 5.74) is 2.46. The van der Waals surface area contributed by atoms with Crippen molar-refractivity contribution < 1.29 is 13.2 Å². The van der Waals surface area contributed by atoms with Crippen molar-refractivity contribution in [2.24, 2.45) is 0 Å². The number of pyridine rings is 2. The third kappa shape index (κ3) is 4.78. The predicted octanol–water partition coefficient (Wildman–Crippen LogP) is 1.07. The fourth-order valence-electron chi connectivity index (χ4n) is 2.91. The maximum Gasteiger partial charge on any atom is 0.253 e. The summed E-state index contributed by atoms with van der Waals surface area (Å²) < 4.78 is 23.0. The van der Waals surface area contributed by atoms with Crippen molar-refractivity contribution in [1.82, 2.24) is 15.3 Å². The second kappa shape index (κ2) is 7.82. The SMILES string of the molecule is CN(CCc1ccncc1)c1cncc(C(=O)NC2CCS(=O)(=O)C2)c1. The number of nitrogens with one attached hydrogen (secondary N) is 1. The van der Waals surface area contributed by atoms with Crippen molar-refractivity contribution >= 4 is 21.4 Å². The van der Waals surface area contributed by atoms with Gasteiger partial charge in [-0.1, -0.05) is 0 Å². The van der Waals surface area contributed by atoms with E-state index in [1.54, 1.807) is 24.7 Å². The molecule has 0 radical (unpaired) electrons. The molecule has 3 heterocycles. The van der Waals surface area contributed by atoms with Gasteiger partial charge in [0, 0.05) is 38.2 Å². The molecule has 1 amide bonds. The third-order valence-corrected chi connectivity index (χ3v) is 6.25. The van der Waals surface area contributed by atoms with Crippen LogP contribution in [-0.4, -0.2) is 55.4 Å². The number of amides is 1. The number of hydrogen-bond acceptors (Lipinski definition) is 6. The third-order valence-electron chi connectivity index (χ3n) is 4.48. The van der Waals surface area contributed by atoms with Gasteiger partial charge in [0.25, 0.3) is 5.91 Å². The zero-order valence-electron chi connectivity index (χ0n) is 14.6. The van der Waals surface area contributed by atoms with Gasteiger partial charge < -0.3 is 10.2 Å². The molecule has 138 valence electrons. The van der Waals surface area contributed by atoms with Gasteiger partial charge in [-0.05, 0) is 36.6 Å². The number of aromatic nitrogens is 2. The number of anilines is 1. The van der Waals surface area contributed by atoms with Gasteiger partial charge in [0.1, 0.15) is 0 Å². The highest BCUT2D eigenvalue weighted by molar-refractivity contribution is 7.91. The molecule has 3 rings (SSSR count). The lowest BCUT2D eigenvalue weighted by atomic mass is 10.2. The summed E-state index contributed by atoms with van der Waals surface area (Å²) in [5, 5.41) is 2.79. The highest BCUT2D eigenvalue weighted by atomic mass is 32.2. The highest BCUT2D eigenvalue weighted by Crippen LogP contribution is 2.16. The molecule has 1 unspecified atom stereocenters. The molecule has 2 aromatic heterocycles. The number of carbonyl (C=O) groups is 1. The summed E-state index contributed by atoms with van der Waals surface area (Å²) in [6.45, 7) is 0.775. The molecule has 1 fully saturated rings. The number of hydrogen-bond donors (Lipinski definition) is 1. The van der Waals surface area contributed by atoms with E-state index in [1.165, 1.54) is 11.8 Å². The molecule has 0 spiro atoms. The van der Waals surface area contributed by atoms with Gasteiger partial charge in [0.05, 0.1) is 29.0 Å². The van der Waals surface area contributed by atoms with Gasteiger partial charge in [0.15, 0.2) is 9.84 Å². The van der Waals surface area contributed by atoms with Crippen LogP contribution < -0.4 is 10.2 Å². The molecule has 7 nitrogen and oxygen atoms in total. The molecule has 0 bridgehead atoms. The van der Waals surface area contributed by atoms with E-state index in [2.05, 4.69) is 15.3 Å². The lowest BCUT2D eigenvalue weighted by Gasteiger charge is -2.19. The quantitative estimate of drug-likeness (QED) is 0.813. The van der Waals surface area contributed by atoms with E-state index in [-0.39, 0.29) is 23.5 Å². The molecule has 1 aliphatic rings. The van der Waals surface area contributed by atoms with Crippen molar-refractivity contribution in [2.75, 3.05) is 30.0 Å². The molecular weight excluding hydrogens is 352 g/mol. The van der Waals surface area contributed by atoms with E-state index < -0.39 is 9.84 Å². The van der Waals surface area contributed by atoms with E-state index >= 15 is 0 Å². The number of nitrogens with zero attached hydrogens (tertiary/aromatic N) is 3. The van der Waals surface area contributed by atoms with Crippen molar-refractivity contribution in [3.05, 3.63) is 54.1 Å². The average Bonchev–Trinajstić information content (AvgIpc) is 2.99. The Morgan fingerprint density at radius 2 is 2.04 bits per heavy atom. The summed E-state index contributed by atoms with van der Waals surface area (Å²) in [6, 6.07) is 5.41. The minimum absolute atomic E-state index is 0.0116. The van der Waals surface area contributed by atoms with E-state index in [1.807, 2.05) is 24.1 Å². The summed E-state index contributed by atoms with van der Waals surface area (Å²) in [4.78, 5) is 22.6. The molecule has 26 heavy (non-hydrogen) atoms. The first-order valence-electron chi connectivity index (χ1n) is 8.49. The predicted molar refractivity (Wildman–Crippen MR) is 100.0 cm³/mol. The first-order valence-corrected chi connectivity index (χ1v) is 10.3. The molecular formula is C18H22N4O3S. The Hall–Kier alpha value is -2.48. The Labute approximate surface area is 153 Å². The van der Waals surface area contributed by atoms with Crippen LogP contribution in [0, 0.1) is 0 Å². The topological polar surface area (TPSA) is 92.3 Å². The van der Waals surface area contributed by atoms with Crippen molar-refractivity contribution in [3.8, 4) is 0 Å². The van der Waals surface area contributed by atoms with Crippen LogP contribution in [0.2, 0.25) is 0 Å². The first kappa shape index (κ1) is 18.3. The van der Waals surface area contributed by atoms with Crippen molar-refractivity contribution in [1.29, 1.82) is 0 Å². The number of sulfone groups is 1. The van der Waals surface area contributed by atoms with Crippen LogP contribution in [0.1, 0.15) is 22.3 Å². The molecule has 1 N–H and O–H groups in total. The molecule has 0 aromatic carbocycles. The number of likely N-dealkylation sites (N-methyl/N-ethyl adjacent to an activating group) is 1. The minimum Gasteiger partial charge on any atom is -0.373 e. The Bertz CT molecular complexity index is 871. The fourth-order valence-corrected chi connectivity index (χ4v) is 4.59. The van der Waals surface area contributed by atoms with Gasteiger partial charge in [-0.25, -0.2) is 8.42 Å². The van der Waals surface area contributed by atoms with Gasteiger partial charge in [-0.15, -0.1) is 0 Å². The number of rotatable bonds is 6. The van der Waals surface area contributed by atoms with Crippen molar-refractivity contribution in [2.45, 2.75) is 18.9 Å². The molecule has 1 atom stereocenters. The van der Waals surface area contributed by atoms with Crippen molar-refractivity contribution in [3.63, 3.8) is 0 Å². The van der Waals surface area contributed by atoms with E-state index in [0.717, 1.165) is 18.7 Å². The van der Waals surface area contributed by atoms with Crippen LogP contribution in [0.3, 0.4) is 0 Å². The van der Waals surface area contributed by atoms with Gasteiger partial charge in [-0.3, -0.25) is 14.8 Å². The summed E-state index contributed by atoms with van der Waals surface area (Å²) in [7, 11) is -1.07. The van der Waals surface area contributed by atoms with Crippen LogP contribution in [-0.2, 0) is 16.3 Å². The van der Waals surface area contributed by atoms with Crippen LogP contribution in [0.25, 0.3) is 0 Å². The number of carbonyl (C=O) groups excluding carboxylic acids is 1. The van der Waals surface area contributed by atoms with E-state index in [9.17, 15) is 13.2 Å². The van der Waals surface area contributed by atoms with Crippen LogP contribution in [0.5, 0.6) is 0 Å². The largest absolute Gasteiger partial charge is 0.373 e. The zero-order chi connectivity index (χ0) is 18.6. The Morgan fingerprint density at radius 1 is 1.27 bits per heavy atom. The molecule has 0 aliphatic carbocycles. The molecule has 2 aromatic rings. The summed E-state index contributed by atoms with van der Waals surface area (Å²) in [5.74, 6) is -0.143. The lowest BCUT2D eigenvalue weighted by Crippen LogP contribution is -2.35. The second-order valence-corrected chi connectivity index (χ2v) is 8.76. The molecule has 8 heteroatoms. The van der Waals surface area contributed by atoms with E-state index in [4.69, 9.17) is 0 Å². The average molecular weight is 374 g/mol. The fraction of sp³-hybridized carbons (Fsp3) is 0.389. The molecule has 1 saturated heterocycles. The molecule has 0 saturated carbocycles. The highest BCUT2D eigenvalue weighted by Gasteiger charge is 2.29. The zero-order valence-corrected chi connectivity index (χ0v) is 15.4. The standard InChI is InChI=1S/C18H22N4O3S/c1-22(8-4-14-2-6-19-7-3-14)17-10-15(11-20-12-17)18(23)21-16-5-9-26(24,25)13-16/h2-3,6-7,10-12,16H,4-5,8-9,13H2,1H3,(H,21,23). The Morgan fingerprint density at radius 3 is 2.73 bits per heavy atom. The van der Waals surface area contributed by atoms with Crippen LogP contribution >= 0.6 is 0 Å². The monoisotopic (exact) mass is 374 g/mol. The van der Waals surface area contributed by atoms with Gasteiger partial charge in [-0.2, -0.15) is 0 Å². The first-order chi connectivity index (χ1) is 12.4. The maximum absolute atomic E-state index is 12.4. The van der Waals surface area contributed by atoms with E-state index in [0.29, 0.717) is 12.0 Å². The minimum atomic E-state index is -3.02. The normalized spacial score (nSPS) is 18.4. The van der Waals surface area contributed by atoms with Crippen LogP contribution in [0.15, 0.2) is 43.0 Å². The maximum atomic E-state index is 12.4. The molecule has 1 aliphatic heterocycles. The van der Waals surface area contributed by atoms with Gasteiger partial charge in [0.2, 0.25) is 0 Å². The summed E-state index contributed by atoms with van der Waals surface area (Å²) in [6.07, 6.45) is 8.07. The smallest absolute Gasteiger partial charge is 0.253 e. The summed E-state index contributed by atoms with van der Waals surface area (Å²) >= 11 is 0. The van der Waals surface area contributed by atoms with Gasteiger partial charge >= 0.3 is 0 Å². The van der Waals surface area contributed by atoms with Crippen LogP contribution in [0.4, 0.5) is 5.69 Å². The second-order valence-electron chi connectivity index (χ2n) is 6.53. The Balaban J connectivity index is 1.61.